The first kappa shape index (κ1) is 19.8. The molecule has 2 N–H and O–H groups in total. The van der Waals surface area contributed by atoms with E-state index < -0.39 is 0 Å². The molecule has 1 aromatic heterocycles. The molecule has 0 spiro atoms. The maximum Gasteiger partial charge on any atom is 0.225 e. The molecule has 146 valence electrons. The fourth-order valence-corrected chi connectivity index (χ4v) is 3.14. The van der Waals surface area contributed by atoms with Gasteiger partial charge in [-0.05, 0) is 64.2 Å². The summed E-state index contributed by atoms with van der Waals surface area (Å²) in [5, 5.41) is 6.82. The van der Waals surface area contributed by atoms with Gasteiger partial charge in [-0.1, -0.05) is 36.4 Å². The molecular formula is C23H29N5. The molecule has 5 nitrogen and oxygen atoms in total. The lowest BCUT2D eigenvalue weighted by Crippen LogP contribution is -2.17. The smallest absolute Gasteiger partial charge is 0.225 e. The van der Waals surface area contributed by atoms with Crippen molar-refractivity contribution >= 4 is 17.5 Å². The monoisotopic (exact) mass is 375 g/mol. The highest BCUT2D eigenvalue weighted by Gasteiger charge is 2.08. The highest BCUT2D eigenvalue weighted by atomic mass is 15.1. The molecule has 28 heavy (non-hydrogen) atoms. The van der Waals surface area contributed by atoms with Crippen molar-refractivity contribution in [3.05, 3.63) is 65.7 Å². The second kappa shape index (κ2) is 9.33. The van der Waals surface area contributed by atoms with Crippen LogP contribution in [0.25, 0.3) is 11.3 Å². The van der Waals surface area contributed by atoms with Gasteiger partial charge in [0.05, 0.1) is 5.69 Å². The van der Waals surface area contributed by atoms with Gasteiger partial charge in [0.2, 0.25) is 5.95 Å². The molecule has 3 rings (SSSR count). The number of aromatic nitrogens is 2. The van der Waals surface area contributed by atoms with Crippen LogP contribution < -0.4 is 10.6 Å². The van der Waals surface area contributed by atoms with Crippen LogP contribution in [0.15, 0.2) is 54.6 Å². The predicted octanol–water partition coefficient (Wildman–Crippen LogP) is 4.87. The van der Waals surface area contributed by atoms with Crippen molar-refractivity contribution in [2.24, 2.45) is 0 Å². The third kappa shape index (κ3) is 5.79. The number of benzene rings is 2. The van der Waals surface area contributed by atoms with Gasteiger partial charge in [-0.2, -0.15) is 4.98 Å². The highest BCUT2D eigenvalue weighted by Crippen LogP contribution is 2.24. The van der Waals surface area contributed by atoms with Crippen LogP contribution in [0.3, 0.4) is 0 Å². The lowest BCUT2D eigenvalue weighted by atomic mass is 10.1. The van der Waals surface area contributed by atoms with E-state index in [0.717, 1.165) is 42.3 Å². The molecule has 0 saturated heterocycles. The Hall–Kier alpha value is -2.92. The number of aryl methyl sites for hydroxylation is 2. The van der Waals surface area contributed by atoms with Crippen molar-refractivity contribution in [3.63, 3.8) is 0 Å². The van der Waals surface area contributed by atoms with Crippen LogP contribution in [0.1, 0.15) is 17.5 Å². The average Bonchev–Trinajstić information content (AvgIpc) is 2.65. The second-order valence-electron chi connectivity index (χ2n) is 7.41. The van der Waals surface area contributed by atoms with Crippen LogP contribution in [0.2, 0.25) is 0 Å². The van der Waals surface area contributed by atoms with E-state index >= 15 is 0 Å². The van der Waals surface area contributed by atoms with Crippen molar-refractivity contribution in [2.75, 3.05) is 37.8 Å². The van der Waals surface area contributed by atoms with Crippen LogP contribution in [-0.2, 0) is 0 Å². The Morgan fingerprint density at radius 3 is 2.29 bits per heavy atom. The Balaban J connectivity index is 1.86. The number of nitrogens with one attached hydrogen (secondary N) is 2. The Morgan fingerprint density at radius 1 is 0.893 bits per heavy atom. The number of nitrogens with zero attached hydrogens (tertiary/aromatic N) is 3. The first-order valence-electron chi connectivity index (χ1n) is 9.68. The zero-order valence-electron chi connectivity index (χ0n) is 17.2. The summed E-state index contributed by atoms with van der Waals surface area (Å²) in [6, 6.07) is 18.6. The van der Waals surface area contributed by atoms with Crippen molar-refractivity contribution in [2.45, 2.75) is 20.3 Å². The largest absolute Gasteiger partial charge is 0.354 e. The maximum atomic E-state index is 4.72. The lowest BCUT2D eigenvalue weighted by molar-refractivity contribution is 0.405. The maximum absolute atomic E-state index is 4.72. The predicted molar refractivity (Wildman–Crippen MR) is 118 cm³/mol. The van der Waals surface area contributed by atoms with Crippen LogP contribution in [-0.4, -0.2) is 42.1 Å². The van der Waals surface area contributed by atoms with E-state index in [1.807, 2.05) is 24.3 Å². The van der Waals surface area contributed by atoms with E-state index in [2.05, 4.69) is 78.8 Å². The van der Waals surface area contributed by atoms with E-state index in [-0.39, 0.29) is 0 Å². The number of anilines is 3. The number of hydrogen-bond acceptors (Lipinski definition) is 5. The van der Waals surface area contributed by atoms with E-state index in [4.69, 9.17) is 4.98 Å². The summed E-state index contributed by atoms with van der Waals surface area (Å²) >= 11 is 0. The van der Waals surface area contributed by atoms with Gasteiger partial charge in [0.15, 0.2) is 0 Å². The molecule has 0 fully saturated rings. The van der Waals surface area contributed by atoms with E-state index in [1.165, 1.54) is 11.1 Å². The lowest BCUT2D eigenvalue weighted by Gasteiger charge is -2.13. The van der Waals surface area contributed by atoms with E-state index in [1.54, 1.807) is 0 Å². The molecule has 0 bridgehead atoms. The molecule has 2 aromatic carbocycles. The molecular weight excluding hydrogens is 346 g/mol. The summed E-state index contributed by atoms with van der Waals surface area (Å²) in [5.41, 5.74) is 5.46. The normalized spacial score (nSPS) is 10.9. The Labute approximate surface area is 167 Å². The van der Waals surface area contributed by atoms with Crippen LogP contribution in [0, 0.1) is 13.8 Å². The SMILES string of the molecule is Cc1cc(C)cc(Nc2cc(-c3ccccc3)nc(NCCCN(C)C)n2)c1. The van der Waals surface area contributed by atoms with Crippen molar-refractivity contribution in [1.29, 1.82) is 0 Å². The number of rotatable bonds is 8. The van der Waals surface area contributed by atoms with Gasteiger partial charge in [-0.15, -0.1) is 0 Å². The quantitative estimate of drug-likeness (QED) is 0.550. The van der Waals surface area contributed by atoms with Gasteiger partial charge >= 0.3 is 0 Å². The summed E-state index contributed by atoms with van der Waals surface area (Å²) in [4.78, 5) is 11.6. The molecule has 5 heteroatoms. The Bertz CT molecular complexity index is 886. The minimum atomic E-state index is 0.645. The zero-order chi connectivity index (χ0) is 19.9. The van der Waals surface area contributed by atoms with E-state index in [0.29, 0.717) is 5.95 Å². The highest BCUT2D eigenvalue weighted by molar-refractivity contribution is 5.67. The van der Waals surface area contributed by atoms with Gasteiger partial charge in [0.25, 0.3) is 0 Å². The second-order valence-corrected chi connectivity index (χ2v) is 7.41. The summed E-state index contributed by atoms with van der Waals surface area (Å²) in [5.74, 6) is 1.43. The molecule has 0 saturated carbocycles. The minimum Gasteiger partial charge on any atom is -0.354 e. The molecule has 0 radical (unpaired) electrons. The molecule has 0 aliphatic rings. The van der Waals surface area contributed by atoms with Gasteiger partial charge in [0.1, 0.15) is 5.82 Å². The molecule has 0 unspecified atom stereocenters. The molecule has 0 aliphatic carbocycles. The third-order valence-corrected chi connectivity index (χ3v) is 4.36. The standard InChI is InChI=1S/C23H29N5/c1-17-13-18(2)15-20(14-17)25-22-16-21(19-9-6-5-7-10-19)26-23(27-22)24-11-8-12-28(3)4/h5-7,9-10,13-16H,8,11-12H2,1-4H3,(H2,24,25,26,27). The molecule has 0 amide bonds. The van der Waals surface area contributed by atoms with Crippen LogP contribution >= 0.6 is 0 Å². The van der Waals surface area contributed by atoms with Crippen LogP contribution in [0.5, 0.6) is 0 Å². The van der Waals surface area contributed by atoms with Crippen LogP contribution in [0.4, 0.5) is 17.5 Å². The van der Waals surface area contributed by atoms with Crippen molar-refractivity contribution in [1.82, 2.24) is 14.9 Å². The van der Waals surface area contributed by atoms with E-state index in [9.17, 15) is 0 Å². The van der Waals surface area contributed by atoms with Crippen molar-refractivity contribution < 1.29 is 0 Å². The summed E-state index contributed by atoms with van der Waals surface area (Å²) in [7, 11) is 4.16. The zero-order valence-corrected chi connectivity index (χ0v) is 17.2. The summed E-state index contributed by atoms with van der Waals surface area (Å²) in [6.45, 7) is 6.06. The first-order chi connectivity index (χ1) is 13.5. The summed E-state index contributed by atoms with van der Waals surface area (Å²) < 4.78 is 0. The topological polar surface area (TPSA) is 53.1 Å². The third-order valence-electron chi connectivity index (χ3n) is 4.36. The molecule has 3 aromatic rings. The van der Waals surface area contributed by atoms with Gasteiger partial charge < -0.3 is 15.5 Å². The molecule has 0 atom stereocenters. The molecule has 1 heterocycles. The van der Waals surface area contributed by atoms with Gasteiger partial charge in [-0.25, -0.2) is 4.98 Å². The number of hydrogen-bond donors (Lipinski definition) is 2. The van der Waals surface area contributed by atoms with Gasteiger partial charge in [0, 0.05) is 23.9 Å². The Morgan fingerprint density at radius 2 is 1.61 bits per heavy atom. The fraction of sp³-hybridized carbons (Fsp3) is 0.304. The molecule has 0 aliphatic heterocycles. The minimum absolute atomic E-state index is 0.645. The first-order valence-corrected chi connectivity index (χ1v) is 9.68. The average molecular weight is 376 g/mol. The fourth-order valence-electron chi connectivity index (χ4n) is 3.14. The summed E-state index contributed by atoms with van der Waals surface area (Å²) in [6.07, 6.45) is 1.03. The van der Waals surface area contributed by atoms with Gasteiger partial charge in [-0.3, -0.25) is 0 Å². The van der Waals surface area contributed by atoms with Crippen molar-refractivity contribution in [3.8, 4) is 11.3 Å². The Kier molecular flexibility index (Phi) is 6.61.